The van der Waals surface area contributed by atoms with Crippen molar-refractivity contribution in [3.05, 3.63) is 16.9 Å². The van der Waals surface area contributed by atoms with Crippen molar-refractivity contribution in [2.75, 3.05) is 6.26 Å². The molecule has 2 aromatic rings. The van der Waals surface area contributed by atoms with E-state index in [1.165, 1.54) is 11.8 Å². The summed E-state index contributed by atoms with van der Waals surface area (Å²) in [5.41, 5.74) is 1.85. The van der Waals surface area contributed by atoms with Gasteiger partial charge in [0.25, 0.3) is 0 Å². The largest absolute Gasteiger partial charge is 0.343 e. The molecule has 0 saturated carbocycles. The summed E-state index contributed by atoms with van der Waals surface area (Å²) in [6, 6.07) is 1.95. The Hall–Kier alpha value is -0.740. The van der Waals surface area contributed by atoms with Crippen LogP contribution in [0.5, 0.6) is 0 Å². The van der Waals surface area contributed by atoms with Crippen molar-refractivity contribution < 1.29 is 0 Å². The lowest BCUT2D eigenvalue weighted by atomic mass is 10.4. The summed E-state index contributed by atoms with van der Waals surface area (Å²) < 4.78 is 0. The number of aromatic amines is 1. The summed E-state index contributed by atoms with van der Waals surface area (Å²) in [5.74, 6) is 0. The number of thioether (sulfide) groups is 1. The van der Waals surface area contributed by atoms with Gasteiger partial charge in [0.05, 0.1) is 5.39 Å². The van der Waals surface area contributed by atoms with Crippen molar-refractivity contribution in [3.8, 4) is 0 Å². The number of nitrogens with zero attached hydrogens (tertiary/aromatic N) is 2. The quantitative estimate of drug-likeness (QED) is 0.450. The lowest BCUT2D eigenvalue weighted by molar-refractivity contribution is 0.997. The fourth-order valence-electron chi connectivity index (χ4n) is 1.18. The van der Waals surface area contributed by atoms with E-state index in [2.05, 4.69) is 15.0 Å². The van der Waals surface area contributed by atoms with Crippen LogP contribution in [0.25, 0.3) is 11.0 Å². The van der Waals surface area contributed by atoms with E-state index in [1.807, 2.05) is 19.2 Å². The third-order valence-electron chi connectivity index (χ3n) is 1.74. The van der Waals surface area contributed by atoms with E-state index in [1.54, 1.807) is 0 Å². The number of fused-ring (bicyclic) bond motifs is 1. The SMILES string of the molecule is CSc1nc(Cl)c2cc(C)[nH]c2n1. The summed E-state index contributed by atoms with van der Waals surface area (Å²) in [6.45, 7) is 1.97. The van der Waals surface area contributed by atoms with Crippen LogP contribution in [0, 0.1) is 6.92 Å². The van der Waals surface area contributed by atoms with Crippen LogP contribution in [0.3, 0.4) is 0 Å². The predicted molar refractivity (Wildman–Crippen MR) is 55.4 cm³/mol. The van der Waals surface area contributed by atoms with Crippen LogP contribution in [0.4, 0.5) is 0 Å². The normalized spacial score (nSPS) is 11.0. The summed E-state index contributed by atoms with van der Waals surface area (Å²) in [5, 5.41) is 2.09. The van der Waals surface area contributed by atoms with Crippen LogP contribution in [-0.2, 0) is 0 Å². The molecule has 1 N–H and O–H groups in total. The van der Waals surface area contributed by atoms with Gasteiger partial charge in [-0.15, -0.1) is 0 Å². The van der Waals surface area contributed by atoms with Crippen LogP contribution < -0.4 is 0 Å². The van der Waals surface area contributed by atoms with Crippen LogP contribution >= 0.6 is 23.4 Å². The number of H-pyrrole nitrogens is 1. The van der Waals surface area contributed by atoms with E-state index in [0.717, 1.165) is 16.7 Å². The standard InChI is InChI=1S/C8H8ClN3S/c1-4-3-5-6(9)11-8(13-2)12-7(5)10-4/h3H,1-2H3,(H,10,11,12). The Morgan fingerprint density at radius 1 is 1.46 bits per heavy atom. The fourth-order valence-corrected chi connectivity index (χ4v) is 1.82. The Kier molecular flexibility index (Phi) is 2.17. The van der Waals surface area contributed by atoms with Gasteiger partial charge in [0, 0.05) is 5.69 Å². The molecule has 5 heteroatoms. The maximum atomic E-state index is 5.97. The first-order chi connectivity index (χ1) is 6.20. The van der Waals surface area contributed by atoms with Gasteiger partial charge in [-0.05, 0) is 19.2 Å². The first-order valence-electron chi connectivity index (χ1n) is 3.77. The lowest BCUT2D eigenvalue weighted by Crippen LogP contribution is -1.87. The Bertz CT molecular complexity index is 452. The molecule has 0 fully saturated rings. The molecule has 0 spiro atoms. The highest BCUT2D eigenvalue weighted by atomic mass is 35.5. The van der Waals surface area contributed by atoms with E-state index in [9.17, 15) is 0 Å². The maximum Gasteiger partial charge on any atom is 0.190 e. The Morgan fingerprint density at radius 3 is 2.92 bits per heavy atom. The van der Waals surface area contributed by atoms with Gasteiger partial charge in [-0.2, -0.15) is 0 Å². The molecule has 0 aromatic carbocycles. The zero-order valence-electron chi connectivity index (χ0n) is 7.26. The van der Waals surface area contributed by atoms with E-state index < -0.39 is 0 Å². The molecule has 0 amide bonds. The second-order valence-electron chi connectivity index (χ2n) is 2.72. The molecular weight excluding hydrogens is 206 g/mol. The molecular formula is C8H8ClN3S. The van der Waals surface area contributed by atoms with E-state index >= 15 is 0 Å². The summed E-state index contributed by atoms with van der Waals surface area (Å²) in [7, 11) is 0. The van der Waals surface area contributed by atoms with Crippen LogP contribution in [-0.4, -0.2) is 21.2 Å². The molecule has 0 saturated heterocycles. The molecule has 13 heavy (non-hydrogen) atoms. The molecule has 3 nitrogen and oxygen atoms in total. The smallest absolute Gasteiger partial charge is 0.190 e. The van der Waals surface area contributed by atoms with Gasteiger partial charge in [-0.1, -0.05) is 23.4 Å². The van der Waals surface area contributed by atoms with Gasteiger partial charge in [0.2, 0.25) is 0 Å². The molecule has 2 heterocycles. The fraction of sp³-hybridized carbons (Fsp3) is 0.250. The first kappa shape index (κ1) is 8.84. The minimum Gasteiger partial charge on any atom is -0.343 e. The Morgan fingerprint density at radius 2 is 2.23 bits per heavy atom. The van der Waals surface area contributed by atoms with Gasteiger partial charge in [0.15, 0.2) is 5.16 Å². The molecule has 2 rings (SSSR count). The summed E-state index contributed by atoms with van der Waals surface area (Å²) >= 11 is 7.45. The third-order valence-corrected chi connectivity index (χ3v) is 2.57. The minimum atomic E-state index is 0.513. The van der Waals surface area contributed by atoms with Gasteiger partial charge in [0.1, 0.15) is 10.8 Å². The number of aromatic nitrogens is 3. The molecule has 0 atom stereocenters. The zero-order valence-corrected chi connectivity index (χ0v) is 8.83. The van der Waals surface area contributed by atoms with Crippen LogP contribution in [0.1, 0.15) is 5.69 Å². The average molecular weight is 214 g/mol. The molecule has 68 valence electrons. The van der Waals surface area contributed by atoms with Crippen molar-refractivity contribution >= 4 is 34.4 Å². The Labute approximate surface area is 84.9 Å². The van der Waals surface area contributed by atoms with E-state index in [0.29, 0.717) is 10.3 Å². The van der Waals surface area contributed by atoms with Crippen LogP contribution in [0.15, 0.2) is 11.2 Å². The number of aryl methyl sites for hydroxylation is 1. The minimum absolute atomic E-state index is 0.513. The molecule has 0 aliphatic heterocycles. The van der Waals surface area contributed by atoms with Crippen molar-refractivity contribution in [1.29, 1.82) is 0 Å². The van der Waals surface area contributed by atoms with Gasteiger partial charge >= 0.3 is 0 Å². The molecule has 0 aliphatic carbocycles. The van der Waals surface area contributed by atoms with Crippen molar-refractivity contribution in [3.63, 3.8) is 0 Å². The molecule has 2 aromatic heterocycles. The van der Waals surface area contributed by atoms with Crippen LogP contribution in [0.2, 0.25) is 5.15 Å². The van der Waals surface area contributed by atoms with Crippen molar-refractivity contribution in [2.45, 2.75) is 12.1 Å². The predicted octanol–water partition coefficient (Wildman–Crippen LogP) is 2.64. The van der Waals surface area contributed by atoms with E-state index in [-0.39, 0.29) is 0 Å². The molecule has 0 radical (unpaired) electrons. The average Bonchev–Trinajstić information content (AvgIpc) is 2.46. The summed E-state index contributed by atoms with van der Waals surface area (Å²) in [4.78, 5) is 11.5. The molecule has 0 aliphatic rings. The summed E-state index contributed by atoms with van der Waals surface area (Å²) in [6.07, 6.45) is 1.92. The second kappa shape index (κ2) is 3.20. The monoisotopic (exact) mass is 213 g/mol. The second-order valence-corrected chi connectivity index (χ2v) is 3.85. The lowest BCUT2D eigenvalue weighted by Gasteiger charge is -1.96. The van der Waals surface area contributed by atoms with Gasteiger partial charge in [-0.3, -0.25) is 0 Å². The zero-order chi connectivity index (χ0) is 9.42. The highest BCUT2D eigenvalue weighted by molar-refractivity contribution is 7.98. The molecule has 0 bridgehead atoms. The number of hydrogen-bond acceptors (Lipinski definition) is 3. The van der Waals surface area contributed by atoms with Crippen molar-refractivity contribution in [1.82, 2.24) is 15.0 Å². The third kappa shape index (κ3) is 1.51. The number of nitrogens with one attached hydrogen (secondary N) is 1. The Balaban J connectivity index is 2.75. The van der Waals surface area contributed by atoms with E-state index in [4.69, 9.17) is 11.6 Å². The highest BCUT2D eigenvalue weighted by Gasteiger charge is 2.06. The van der Waals surface area contributed by atoms with Gasteiger partial charge < -0.3 is 4.98 Å². The highest BCUT2D eigenvalue weighted by Crippen LogP contribution is 2.23. The number of hydrogen-bond donors (Lipinski definition) is 1. The topological polar surface area (TPSA) is 41.6 Å². The number of rotatable bonds is 1. The molecule has 0 unspecified atom stereocenters. The van der Waals surface area contributed by atoms with Gasteiger partial charge in [-0.25, -0.2) is 9.97 Å². The number of halogens is 1. The first-order valence-corrected chi connectivity index (χ1v) is 5.38. The van der Waals surface area contributed by atoms with Crippen molar-refractivity contribution in [2.24, 2.45) is 0 Å². The maximum absolute atomic E-state index is 5.97.